The molecule has 0 aliphatic carbocycles. The van der Waals surface area contributed by atoms with Gasteiger partial charge in [0.15, 0.2) is 0 Å². The lowest BCUT2D eigenvalue weighted by Gasteiger charge is -2.37. The first-order valence-corrected chi connectivity index (χ1v) is 11.8. The Kier molecular flexibility index (Phi) is 6.66. The van der Waals surface area contributed by atoms with Gasteiger partial charge in [0, 0.05) is 56.4 Å². The van der Waals surface area contributed by atoms with Crippen LogP contribution in [-0.2, 0) is 11.3 Å². The first kappa shape index (κ1) is 22.3. The smallest absolute Gasteiger partial charge is 0.225 e. The number of anilines is 1. The molecule has 0 atom stereocenters. The van der Waals surface area contributed by atoms with Crippen LogP contribution in [0.25, 0.3) is 11.4 Å². The van der Waals surface area contributed by atoms with Crippen LogP contribution in [0, 0.1) is 5.92 Å². The van der Waals surface area contributed by atoms with E-state index in [0.717, 1.165) is 75.3 Å². The number of piperidine rings is 2. The van der Waals surface area contributed by atoms with E-state index in [1.165, 1.54) is 6.39 Å². The highest BCUT2D eigenvalue weighted by Gasteiger charge is 2.31. The Labute approximate surface area is 198 Å². The SMILES string of the molecule is Nc1ncc(CN2CCC(C(=O)N3CCC(Oc4ccccc4-c4ncon4)CC3)CC2)cn1. The number of para-hydroxylation sites is 1. The third kappa shape index (κ3) is 5.17. The molecule has 178 valence electrons. The molecule has 2 aromatic heterocycles. The molecule has 0 unspecified atom stereocenters. The standard InChI is InChI=1S/C24H29N7O3/c25-24-26-13-17(14-27-24)15-30-9-5-18(6-10-30)23(32)31-11-7-19(8-12-31)34-21-4-2-1-3-20(21)22-28-16-33-29-22/h1-4,13-14,16,18-19H,5-12,15H2,(H2,25,26,27). The van der Waals surface area contributed by atoms with Gasteiger partial charge >= 0.3 is 0 Å². The fourth-order valence-electron chi connectivity index (χ4n) is 4.72. The Balaban J connectivity index is 1.09. The molecule has 2 saturated heterocycles. The predicted octanol–water partition coefficient (Wildman–Crippen LogP) is 2.39. The van der Waals surface area contributed by atoms with Crippen molar-refractivity contribution in [2.24, 2.45) is 5.92 Å². The molecule has 10 nitrogen and oxygen atoms in total. The maximum Gasteiger partial charge on any atom is 0.225 e. The van der Waals surface area contributed by atoms with Crippen molar-refractivity contribution in [1.29, 1.82) is 0 Å². The lowest BCUT2D eigenvalue weighted by Crippen LogP contribution is -2.47. The monoisotopic (exact) mass is 463 g/mol. The second-order valence-corrected chi connectivity index (χ2v) is 8.89. The number of nitrogens with two attached hydrogens (primary N) is 1. The van der Waals surface area contributed by atoms with Crippen molar-refractivity contribution in [2.45, 2.75) is 38.3 Å². The van der Waals surface area contributed by atoms with Crippen LogP contribution in [-0.4, -0.2) is 68.1 Å². The summed E-state index contributed by atoms with van der Waals surface area (Å²) in [6.45, 7) is 4.02. The number of hydrogen-bond donors (Lipinski definition) is 1. The number of hydrogen-bond acceptors (Lipinski definition) is 9. The van der Waals surface area contributed by atoms with Gasteiger partial charge in [0.1, 0.15) is 11.9 Å². The molecule has 0 bridgehead atoms. The molecule has 1 amide bonds. The van der Waals surface area contributed by atoms with Crippen LogP contribution >= 0.6 is 0 Å². The molecule has 5 rings (SSSR count). The number of likely N-dealkylation sites (tertiary alicyclic amines) is 2. The molecule has 3 aromatic rings. The summed E-state index contributed by atoms with van der Waals surface area (Å²) in [6, 6.07) is 7.71. The normalized spacial score (nSPS) is 18.2. The maximum absolute atomic E-state index is 13.1. The zero-order valence-electron chi connectivity index (χ0n) is 19.0. The summed E-state index contributed by atoms with van der Waals surface area (Å²) in [4.78, 5) is 29.7. The minimum absolute atomic E-state index is 0.0566. The van der Waals surface area contributed by atoms with Crippen molar-refractivity contribution in [3.05, 3.63) is 48.6 Å². The summed E-state index contributed by atoms with van der Waals surface area (Å²) in [7, 11) is 0. The van der Waals surface area contributed by atoms with Crippen LogP contribution < -0.4 is 10.5 Å². The predicted molar refractivity (Wildman–Crippen MR) is 124 cm³/mol. The summed E-state index contributed by atoms with van der Waals surface area (Å²) in [5.41, 5.74) is 7.42. The molecule has 0 radical (unpaired) electrons. The second-order valence-electron chi connectivity index (χ2n) is 8.89. The van der Waals surface area contributed by atoms with Gasteiger partial charge in [0.2, 0.25) is 24.1 Å². The average molecular weight is 464 g/mol. The van der Waals surface area contributed by atoms with Crippen LogP contribution in [0.2, 0.25) is 0 Å². The topological polar surface area (TPSA) is 124 Å². The number of carbonyl (C=O) groups excluding carboxylic acids is 1. The van der Waals surface area contributed by atoms with E-state index in [1.807, 2.05) is 29.2 Å². The van der Waals surface area contributed by atoms with Crippen molar-refractivity contribution in [2.75, 3.05) is 31.9 Å². The van der Waals surface area contributed by atoms with E-state index in [9.17, 15) is 4.79 Å². The van der Waals surface area contributed by atoms with Gasteiger partial charge in [-0.3, -0.25) is 9.69 Å². The lowest BCUT2D eigenvalue weighted by atomic mass is 9.94. The second kappa shape index (κ2) is 10.2. The Hall–Kier alpha value is -3.53. The Morgan fingerprint density at radius 3 is 2.47 bits per heavy atom. The van der Waals surface area contributed by atoms with E-state index in [2.05, 4.69) is 25.0 Å². The number of nitrogens with zero attached hydrogens (tertiary/aromatic N) is 6. The first-order valence-electron chi connectivity index (χ1n) is 11.8. The van der Waals surface area contributed by atoms with Gasteiger partial charge in [-0.15, -0.1) is 0 Å². The van der Waals surface area contributed by atoms with E-state index < -0.39 is 0 Å². The zero-order chi connectivity index (χ0) is 23.3. The van der Waals surface area contributed by atoms with Gasteiger partial charge in [-0.1, -0.05) is 17.3 Å². The van der Waals surface area contributed by atoms with Gasteiger partial charge in [-0.25, -0.2) is 9.97 Å². The van der Waals surface area contributed by atoms with Crippen molar-refractivity contribution in [3.8, 4) is 17.1 Å². The van der Waals surface area contributed by atoms with Crippen molar-refractivity contribution in [3.63, 3.8) is 0 Å². The molecular formula is C24H29N7O3. The quantitative estimate of drug-likeness (QED) is 0.587. The number of aromatic nitrogens is 4. The largest absolute Gasteiger partial charge is 0.490 e. The molecule has 2 aliphatic heterocycles. The summed E-state index contributed by atoms with van der Waals surface area (Å²) in [5.74, 6) is 1.92. The highest BCUT2D eigenvalue weighted by molar-refractivity contribution is 5.79. The Bertz CT molecular complexity index is 1070. The molecule has 34 heavy (non-hydrogen) atoms. The summed E-state index contributed by atoms with van der Waals surface area (Å²) in [5, 5.41) is 3.93. The van der Waals surface area contributed by atoms with E-state index in [4.69, 9.17) is 15.0 Å². The average Bonchev–Trinajstić information content (AvgIpc) is 3.41. The fraction of sp³-hybridized carbons (Fsp3) is 0.458. The molecule has 10 heteroatoms. The molecule has 2 N–H and O–H groups in total. The van der Waals surface area contributed by atoms with Gasteiger partial charge in [0.05, 0.1) is 5.56 Å². The van der Waals surface area contributed by atoms with Crippen molar-refractivity contribution < 1.29 is 14.1 Å². The zero-order valence-corrected chi connectivity index (χ0v) is 19.0. The van der Waals surface area contributed by atoms with Gasteiger partial charge < -0.3 is 19.9 Å². The molecular weight excluding hydrogens is 434 g/mol. The van der Waals surface area contributed by atoms with E-state index >= 15 is 0 Å². The number of amides is 1. The minimum atomic E-state index is 0.0566. The fourth-order valence-corrected chi connectivity index (χ4v) is 4.72. The number of benzene rings is 1. The van der Waals surface area contributed by atoms with Crippen LogP contribution in [0.1, 0.15) is 31.2 Å². The van der Waals surface area contributed by atoms with E-state index in [0.29, 0.717) is 11.8 Å². The van der Waals surface area contributed by atoms with Gasteiger partial charge in [-0.05, 0) is 38.1 Å². The highest BCUT2D eigenvalue weighted by atomic mass is 16.5. The molecule has 4 heterocycles. The minimum Gasteiger partial charge on any atom is -0.490 e. The molecule has 0 spiro atoms. The first-order chi connectivity index (χ1) is 16.7. The maximum atomic E-state index is 13.1. The molecule has 0 saturated carbocycles. The van der Waals surface area contributed by atoms with Gasteiger partial charge in [-0.2, -0.15) is 4.98 Å². The van der Waals surface area contributed by atoms with E-state index in [-0.39, 0.29) is 17.9 Å². The number of ether oxygens (including phenoxy) is 1. The highest BCUT2D eigenvalue weighted by Crippen LogP contribution is 2.30. The third-order valence-corrected chi connectivity index (χ3v) is 6.60. The van der Waals surface area contributed by atoms with Gasteiger partial charge in [0.25, 0.3) is 0 Å². The molecule has 2 fully saturated rings. The number of rotatable bonds is 6. The van der Waals surface area contributed by atoms with Crippen LogP contribution in [0.5, 0.6) is 5.75 Å². The van der Waals surface area contributed by atoms with Crippen molar-refractivity contribution >= 4 is 11.9 Å². The summed E-state index contributed by atoms with van der Waals surface area (Å²) in [6.07, 6.45) is 8.28. The summed E-state index contributed by atoms with van der Waals surface area (Å²) < 4.78 is 11.2. The number of nitrogen functional groups attached to an aromatic ring is 1. The van der Waals surface area contributed by atoms with Crippen LogP contribution in [0.4, 0.5) is 5.95 Å². The van der Waals surface area contributed by atoms with Crippen LogP contribution in [0.3, 0.4) is 0 Å². The Morgan fingerprint density at radius 2 is 1.76 bits per heavy atom. The molecule has 2 aliphatic rings. The summed E-state index contributed by atoms with van der Waals surface area (Å²) >= 11 is 0. The molecule has 1 aromatic carbocycles. The van der Waals surface area contributed by atoms with E-state index in [1.54, 1.807) is 12.4 Å². The van der Waals surface area contributed by atoms with Crippen molar-refractivity contribution in [1.82, 2.24) is 29.9 Å². The number of carbonyl (C=O) groups is 1. The third-order valence-electron chi connectivity index (χ3n) is 6.60. The lowest BCUT2D eigenvalue weighted by molar-refractivity contribution is -0.139. The Morgan fingerprint density at radius 1 is 1.03 bits per heavy atom. The van der Waals surface area contributed by atoms with Crippen LogP contribution in [0.15, 0.2) is 47.6 Å².